The van der Waals surface area contributed by atoms with Crippen LogP contribution in [0.1, 0.15) is 17.1 Å². The van der Waals surface area contributed by atoms with E-state index in [1.165, 1.54) is 0 Å². The van der Waals surface area contributed by atoms with E-state index in [2.05, 4.69) is 15.0 Å². The number of hydrogen-bond donors (Lipinski definition) is 1. The number of furan rings is 1. The zero-order valence-electron chi connectivity index (χ0n) is 16.4. The van der Waals surface area contributed by atoms with E-state index in [4.69, 9.17) is 9.15 Å². The van der Waals surface area contributed by atoms with Crippen LogP contribution in [0.15, 0.2) is 64.2 Å². The number of imidazole rings is 1. The van der Waals surface area contributed by atoms with Gasteiger partial charge in [-0.15, -0.1) is 0 Å². The van der Waals surface area contributed by atoms with E-state index in [-0.39, 0.29) is 5.56 Å². The second kappa shape index (κ2) is 7.04. The van der Waals surface area contributed by atoms with Gasteiger partial charge in [-0.3, -0.25) is 4.79 Å². The molecule has 30 heavy (non-hydrogen) atoms. The lowest BCUT2D eigenvalue weighted by molar-refractivity contribution is 0.413. The molecular weight excluding hydrogens is 380 g/mol. The average Bonchev–Trinajstić information content (AvgIpc) is 3.35. The number of para-hydroxylation sites is 1. The maximum Gasteiger partial charge on any atom is 0.263 e. The molecule has 148 valence electrons. The second-order valence-electron chi connectivity index (χ2n) is 6.92. The summed E-state index contributed by atoms with van der Waals surface area (Å²) in [6, 6.07) is 13.2. The Labute approximate surface area is 171 Å². The Bertz CT molecular complexity index is 1470. The van der Waals surface area contributed by atoms with Crippen molar-refractivity contribution in [2.24, 2.45) is 0 Å². The monoisotopic (exact) mass is 398 g/mol. The predicted molar refractivity (Wildman–Crippen MR) is 116 cm³/mol. The van der Waals surface area contributed by atoms with Gasteiger partial charge in [0.15, 0.2) is 0 Å². The number of fused-ring (bicyclic) bond motifs is 3. The lowest BCUT2D eigenvalue weighted by atomic mass is 10.1. The van der Waals surface area contributed by atoms with Gasteiger partial charge in [0, 0.05) is 11.6 Å². The van der Waals surface area contributed by atoms with Gasteiger partial charge in [-0.2, -0.15) is 4.98 Å². The van der Waals surface area contributed by atoms with Gasteiger partial charge in [-0.25, -0.2) is 4.98 Å². The first kappa shape index (κ1) is 17.9. The van der Waals surface area contributed by atoms with Crippen molar-refractivity contribution in [3.63, 3.8) is 0 Å². The largest absolute Gasteiger partial charge is 0.495 e. The third-order valence-electron chi connectivity index (χ3n) is 4.89. The summed E-state index contributed by atoms with van der Waals surface area (Å²) in [6.07, 6.45) is 7.28. The Hall–Kier alpha value is -4.13. The third kappa shape index (κ3) is 3.06. The van der Waals surface area contributed by atoms with Gasteiger partial charge in [0.05, 0.1) is 24.8 Å². The number of aryl methyl sites for hydroxylation is 1. The van der Waals surface area contributed by atoms with E-state index < -0.39 is 0 Å². The normalized spacial score (nSPS) is 11.7. The summed E-state index contributed by atoms with van der Waals surface area (Å²) in [5.74, 6) is 1.13. The molecule has 7 nitrogen and oxygen atoms in total. The molecule has 0 spiro atoms. The lowest BCUT2D eigenvalue weighted by Gasteiger charge is -2.09. The van der Waals surface area contributed by atoms with Gasteiger partial charge in [0.25, 0.3) is 5.56 Å². The standard InChI is InChI=1S/C23H18N4O3/c1-14-12-27(13-24-14)17-9-7-15(11-19(17)29-2)8-10-20-25-22(28)21-16-5-3-4-6-18(16)30-23(21)26-20/h3-13H,1-2H3,(H,25,26,28)/b10-8+. The van der Waals surface area contributed by atoms with Crippen LogP contribution in [0.2, 0.25) is 0 Å². The van der Waals surface area contributed by atoms with Crippen molar-refractivity contribution < 1.29 is 9.15 Å². The molecule has 2 aromatic carbocycles. The minimum Gasteiger partial charge on any atom is -0.495 e. The first-order valence-electron chi connectivity index (χ1n) is 9.41. The summed E-state index contributed by atoms with van der Waals surface area (Å²) in [5, 5.41) is 1.22. The summed E-state index contributed by atoms with van der Waals surface area (Å²) in [7, 11) is 1.63. The molecule has 3 heterocycles. The minimum atomic E-state index is -0.229. The van der Waals surface area contributed by atoms with Gasteiger partial charge < -0.3 is 18.7 Å². The molecule has 0 fully saturated rings. The number of benzene rings is 2. The molecule has 0 aliphatic carbocycles. The van der Waals surface area contributed by atoms with Crippen molar-refractivity contribution in [1.29, 1.82) is 0 Å². The number of hydrogen-bond acceptors (Lipinski definition) is 5. The Kier molecular flexibility index (Phi) is 4.21. The molecule has 1 N–H and O–H groups in total. The zero-order chi connectivity index (χ0) is 20.7. The van der Waals surface area contributed by atoms with Gasteiger partial charge in [-0.1, -0.05) is 30.3 Å². The first-order chi connectivity index (χ1) is 14.6. The summed E-state index contributed by atoms with van der Waals surface area (Å²) in [5.41, 5.74) is 3.46. The SMILES string of the molecule is COc1cc(/C=C/c2nc3oc4ccccc4c3c(=O)[nH]2)ccc1-n1cnc(C)c1. The maximum absolute atomic E-state index is 12.6. The number of aromatic nitrogens is 4. The maximum atomic E-state index is 12.6. The number of ether oxygens (including phenoxy) is 1. The summed E-state index contributed by atoms with van der Waals surface area (Å²) < 4.78 is 13.2. The molecule has 0 atom stereocenters. The van der Waals surface area contributed by atoms with Gasteiger partial charge in [0.2, 0.25) is 5.71 Å². The summed E-state index contributed by atoms with van der Waals surface area (Å²) in [6.45, 7) is 1.94. The Morgan fingerprint density at radius 3 is 2.83 bits per heavy atom. The number of nitrogens with zero attached hydrogens (tertiary/aromatic N) is 3. The highest BCUT2D eigenvalue weighted by atomic mass is 16.5. The van der Waals surface area contributed by atoms with Gasteiger partial charge in [0.1, 0.15) is 22.5 Å². The van der Waals surface area contributed by atoms with E-state index in [1.807, 2.05) is 66.2 Å². The van der Waals surface area contributed by atoms with Crippen LogP contribution in [0.4, 0.5) is 0 Å². The number of H-pyrrole nitrogens is 1. The fourth-order valence-electron chi connectivity index (χ4n) is 3.47. The Morgan fingerprint density at radius 2 is 2.03 bits per heavy atom. The average molecular weight is 398 g/mol. The van der Waals surface area contributed by atoms with Gasteiger partial charge in [-0.05, 0) is 36.8 Å². The van der Waals surface area contributed by atoms with Crippen LogP contribution >= 0.6 is 0 Å². The Balaban J connectivity index is 1.51. The van der Waals surface area contributed by atoms with E-state index in [9.17, 15) is 4.79 Å². The van der Waals surface area contributed by atoms with Crippen molar-refractivity contribution in [3.05, 3.63) is 82.4 Å². The predicted octanol–water partition coefficient (Wildman–Crippen LogP) is 4.34. The number of methoxy groups -OCH3 is 1. The molecule has 0 saturated carbocycles. The molecule has 3 aromatic heterocycles. The Morgan fingerprint density at radius 1 is 1.17 bits per heavy atom. The third-order valence-corrected chi connectivity index (χ3v) is 4.89. The van der Waals surface area contributed by atoms with Crippen molar-refractivity contribution in [3.8, 4) is 11.4 Å². The molecule has 5 aromatic rings. The van der Waals surface area contributed by atoms with Crippen molar-refractivity contribution in [1.82, 2.24) is 19.5 Å². The molecule has 0 bridgehead atoms. The second-order valence-corrected chi connectivity index (χ2v) is 6.92. The van der Waals surface area contributed by atoms with Crippen LogP contribution in [0.25, 0.3) is 39.9 Å². The molecule has 0 saturated heterocycles. The number of rotatable bonds is 4. The summed E-state index contributed by atoms with van der Waals surface area (Å²) >= 11 is 0. The van der Waals surface area contributed by atoms with E-state index in [1.54, 1.807) is 19.5 Å². The van der Waals surface area contributed by atoms with Crippen LogP contribution in [-0.4, -0.2) is 26.6 Å². The minimum absolute atomic E-state index is 0.229. The van der Waals surface area contributed by atoms with Crippen LogP contribution in [0.5, 0.6) is 5.75 Å². The van der Waals surface area contributed by atoms with E-state index in [0.29, 0.717) is 28.3 Å². The van der Waals surface area contributed by atoms with Gasteiger partial charge >= 0.3 is 0 Å². The van der Waals surface area contributed by atoms with Crippen molar-refractivity contribution in [2.45, 2.75) is 6.92 Å². The molecule has 0 aliphatic heterocycles. The van der Waals surface area contributed by atoms with Crippen LogP contribution in [0, 0.1) is 6.92 Å². The summed E-state index contributed by atoms with van der Waals surface area (Å²) in [4.78, 5) is 24.1. The quantitative estimate of drug-likeness (QED) is 0.487. The highest BCUT2D eigenvalue weighted by molar-refractivity contribution is 6.03. The molecule has 7 heteroatoms. The molecule has 0 unspecified atom stereocenters. The molecule has 5 rings (SSSR count). The van der Waals surface area contributed by atoms with Crippen molar-refractivity contribution >= 4 is 34.2 Å². The van der Waals surface area contributed by atoms with E-state index in [0.717, 1.165) is 22.3 Å². The molecule has 0 amide bonds. The van der Waals surface area contributed by atoms with Crippen LogP contribution in [-0.2, 0) is 0 Å². The topological polar surface area (TPSA) is 85.9 Å². The first-order valence-corrected chi connectivity index (χ1v) is 9.41. The molecule has 0 aliphatic rings. The molecular formula is C23H18N4O3. The molecule has 0 radical (unpaired) electrons. The highest BCUT2D eigenvalue weighted by Gasteiger charge is 2.12. The fraction of sp³-hybridized carbons (Fsp3) is 0.0870. The number of aromatic amines is 1. The van der Waals surface area contributed by atoms with Crippen LogP contribution in [0.3, 0.4) is 0 Å². The smallest absolute Gasteiger partial charge is 0.263 e. The highest BCUT2D eigenvalue weighted by Crippen LogP contribution is 2.26. The fourth-order valence-corrected chi connectivity index (χ4v) is 3.47. The lowest BCUT2D eigenvalue weighted by Crippen LogP contribution is -2.08. The van der Waals surface area contributed by atoms with E-state index >= 15 is 0 Å². The zero-order valence-corrected chi connectivity index (χ0v) is 16.4. The van der Waals surface area contributed by atoms with Crippen LogP contribution < -0.4 is 10.3 Å². The van der Waals surface area contributed by atoms with Crippen molar-refractivity contribution in [2.75, 3.05) is 7.11 Å². The number of nitrogens with one attached hydrogen (secondary N) is 1.